The zero-order valence-corrected chi connectivity index (χ0v) is 18.2. The summed E-state index contributed by atoms with van der Waals surface area (Å²) in [5.74, 6) is 2.58. The highest BCUT2D eigenvalue weighted by molar-refractivity contribution is 5.80. The van der Waals surface area contributed by atoms with E-state index in [4.69, 9.17) is 4.99 Å². The molecule has 0 aromatic heterocycles. The van der Waals surface area contributed by atoms with Crippen LogP contribution in [-0.4, -0.2) is 47.0 Å². The van der Waals surface area contributed by atoms with E-state index in [-0.39, 0.29) is 10.6 Å². The summed E-state index contributed by atoms with van der Waals surface area (Å²) < 4.78 is 0. The third-order valence-corrected chi connectivity index (χ3v) is 7.23. The SMILES string of the molecule is CC(C)N1CCC(NC(=NCc2ccc([N+](=O)[O-])cc2)NC2CC3CCC2C3)CC1. The summed E-state index contributed by atoms with van der Waals surface area (Å²) in [6.07, 6.45) is 7.61. The van der Waals surface area contributed by atoms with Crippen LogP contribution in [0.1, 0.15) is 57.9 Å². The average Bonchev–Trinajstić information content (AvgIpc) is 3.36. The lowest BCUT2D eigenvalue weighted by molar-refractivity contribution is -0.384. The molecule has 1 aromatic rings. The van der Waals surface area contributed by atoms with E-state index in [0.29, 0.717) is 24.7 Å². The lowest BCUT2D eigenvalue weighted by Gasteiger charge is -2.36. The van der Waals surface area contributed by atoms with Crippen LogP contribution < -0.4 is 10.6 Å². The molecule has 1 aromatic carbocycles. The van der Waals surface area contributed by atoms with Crippen LogP contribution in [0.3, 0.4) is 0 Å². The number of nitrogens with one attached hydrogen (secondary N) is 2. The number of hydrogen-bond donors (Lipinski definition) is 2. The van der Waals surface area contributed by atoms with Crippen molar-refractivity contribution in [2.45, 2.75) is 77.0 Å². The fourth-order valence-electron chi connectivity index (χ4n) is 5.38. The van der Waals surface area contributed by atoms with Crippen LogP contribution in [0, 0.1) is 22.0 Å². The molecule has 3 unspecified atom stereocenters. The second-order valence-electron chi connectivity index (χ2n) is 9.56. The van der Waals surface area contributed by atoms with E-state index in [0.717, 1.165) is 49.3 Å². The Morgan fingerprint density at radius 3 is 2.43 bits per heavy atom. The molecule has 164 valence electrons. The number of nitro benzene ring substituents is 1. The molecule has 1 saturated heterocycles. The van der Waals surface area contributed by atoms with Crippen molar-refractivity contribution < 1.29 is 4.92 Å². The van der Waals surface area contributed by atoms with Crippen molar-refractivity contribution in [3.63, 3.8) is 0 Å². The molecule has 4 rings (SSSR count). The monoisotopic (exact) mass is 413 g/mol. The Hall–Kier alpha value is -2.15. The van der Waals surface area contributed by atoms with Crippen LogP contribution >= 0.6 is 0 Å². The number of guanidine groups is 1. The molecule has 2 saturated carbocycles. The van der Waals surface area contributed by atoms with E-state index in [1.54, 1.807) is 24.3 Å². The molecular weight excluding hydrogens is 378 g/mol. The Balaban J connectivity index is 1.40. The number of likely N-dealkylation sites (tertiary alicyclic amines) is 1. The number of fused-ring (bicyclic) bond motifs is 2. The topological polar surface area (TPSA) is 82.8 Å². The van der Waals surface area contributed by atoms with Crippen LogP contribution in [0.15, 0.2) is 29.3 Å². The van der Waals surface area contributed by atoms with Gasteiger partial charge in [-0.15, -0.1) is 0 Å². The third-order valence-electron chi connectivity index (χ3n) is 7.23. The number of aliphatic imine (C=N–C) groups is 1. The van der Waals surface area contributed by atoms with Gasteiger partial charge in [0.15, 0.2) is 5.96 Å². The third kappa shape index (κ3) is 5.12. The molecule has 7 nitrogen and oxygen atoms in total. The van der Waals surface area contributed by atoms with Crippen LogP contribution in [-0.2, 0) is 6.54 Å². The van der Waals surface area contributed by atoms with Crippen molar-refractivity contribution in [1.29, 1.82) is 0 Å². The first-order chi connectivity index (χ1) is 14.5. The van der Waals surface area contributed by atoms with Crippen molar-refractivity contribution in [3.8, 4) is 0 Å². The van der Waals surface area contributed by atoms with Crippen LogP contribution in [0.4, 0.5) is 5.69 Å². The summed E-state index contributed by atoms with van der Waals surface area (Å²) in [4.78, 5) is 17.9. The van der Waals surface area contributed by atoms with Crippen LogP contribution in [0.5, 0.6) is 0 Å². The van der Waals surface area contributed by atoms with Crippen molar-refractivity contribution in [3.05, 3.63) is 39.9 Å². The number of rotatable bonds is 6. The Kier molecular flexibility index (Phi) is 6.56. The first-order valence-electron chi connectivity index (χ1n) is 11.5. The zero-order valence-electron chi connectivity index (χ0n) is 18.2. The minimum absolute atomic E-state index is 0.123. The molecule has 1 heterocycles. The van der Waals surface area contributed by atoms with Gasteiger partial charge in [0.1, 0.15) is 0 Å². The minimum Gasteiger partial charge on any atom is -0.354 e. The van der Waals surface area contributed by atoms with Gasteiger partial charge in [-0.3, -0.25) is 10.1 Å². The Morgan fingerprint density at radius 1 is 1.13 bits per heavy atom. The van der Waals surface area contributed by atoms with Gasteiger partial charge in [0.2, 0.25) is 0 Å². The standard InChI is InChI=1S/C23H35N5O2/c1-16(2)27-11-9-20(10-12-27)25-23(26-22-14-18-3-6-19(22)13-18)24-15-17-4-7-21(8-5-17)28(29)30/h4-5,7-8,16,18-20,22H,3,6,9-15H2,1-2H3,(H2,24,25,26). The number of hydrogen-bond acceptors (Lipinski definition) is 4. The maximum atomic E-state index is 10.9. The summed E-state index contributed by atoms with van der Waals surface area (Å²) >= 11 is 0. The van der Waals surface area contributed by atoms with E-state index in [9.17, 15) is 10.1 Å². The van der Waals surface area contributed by atoms with Gasteiger partial charge in [-0.05, 0) is 63.4 Å². The smallest absolute Gasteiger partial charge is 0.269 e. The lowest BCUT2D eigenvalue weighted by atomic mass is 9.95. The second kappa shape index (κ2) is 9.33. The molecular formula is C23H35N5O2. The van der Waals surface area contributed by atoms with Crippen molar-refractivity contribution in [1.82, 2.24) is 15.5 Å². The zero-order chi connectivity index (χ0) is 21.1. The molecule has 1 aliphatic heterocycles. The first kappa shape index (κ1) is 21.1. The van der Waals surface area contributed by atoms with Gasteiger partial charge in [-0.1, -0.05) is 18.6 Å². The van der Waals surface area contributed by atoms with Gasteiger partial charge < -0.3 is 15.5 Å². The lowest BCUT2D eigenvalue weighted by Crippen LogP contribution is -2.52. The van der Waals surface area contributed by atoms with Crippen LogP contribution in [0.2, 0.25) is 0 Å². The van der Waals surface area contributed by atoms with Crippen molar-refractivity contribution in [2.24, 2.45) is 16.8 Å². The van der Waals surface area contributed by atoms with E-state index >= 15 is 0 Å². The fourth-order valence-corrected chi connectivity index (χ4v) is 5.38. The fraction of sp³-hybridized carbons (Fsp3) is 0.696. The Bertz CT molecular complexity index is 755. The molecule has 30 heavy (non-hydrogen) atoms. The largest absolute Gasteiger partial charge is 0.354 e. The van der Waals surface area contributed by atoms with E-state index in [2.05, 4.69) is 29.4 Å². The molecule has 0 radical (unpaired) electrons. The molecule has 3 aliphatic rings. The Morgan fingerprint density at radius 2 is 1.87 bits per heavy atom. The summed E-state index contributed by atoms with van der Waals surface area (Å²) in [6.45, 7) is 7.31. The highest BCUT2D eigenvalue weighted by atomic mass is 16.6. The first-order valence-corrected chi connectivity index (χ1v) is 11.5. The van der Waals surface area contributed by atoms with E-state index in [1.165, 1.54) is 25.7 Å². The van der Waals surface area contributed by atoms with E-state index < -0.39 is 0 Å². The molecule has 3 atom stereocenters. The summed E-state index contributed by atoms with van der Waals surface area (Å²) in [5.41, 5.74) is 1.11. The predicted molar refractivity (Wildman–Crippen MR) is 119 cm³/mol. The maximum Gasteiger partial charge on any atom is 0.269 e. The second-order valence-corrected chi connectivity index (χ2v) is 9.56. The Labute approximate surface area is 179 Å². The molecule has 2 N–H and O–H groups in total. The maximum absolute atomic E-state index is 10.9. The number of non-ortho nitro benzene ring substituents is 1. The summed E-state index contributed by atoms with van der Waals surface area (Å²) in [6, 6.07) is 8.31. The highest BCUT2D eigenvalue weighted by Crippen LogP contribution is 2.44. The summed E-state index contributed by atoms with van der Waals surface area (Å²) in [7, 11) is 0. The molecule has 3 fully saturated rings. The van der Waals surface area contributed by atoms with E-state index in [1.807, 2.05) is 0 Å². The normalized spacial score (nSPS) is 27.6. The van der Waals surface area contributed by atoms with Gasteiger partial charge in [0.25, 0.3) is 5.69 Å². The molecule has 2 bridgehead atoms. The number of nitro groups is 1. The summed E-state index contributed by atoms with van der Waals surface area (Å²) in [5, 5.41) is 18.3. The van der Waals surface area contributed by atoms with Crippen molar-refractivity contribution in [2.75, 3.05) is 13.1 Å². The molecule has 0 amide bonds. The highest BCUT2D eigenvalue weighted by Gasteiger charge is 2.40. The van der Waals surface area contributed by atoms with Gasteiger partial charge in [-0.25, -0.2) is 4.99 Å². The number of nitrogens with zero attached hydrogens (tertiary/aromatic N) is 3. The molecule has 2 aliphatic carbocycles. The van der Waals surface area contributed by atoms with Gasteiger partial charge in [-0.2, -0.15) is 0 Å². The molecule has 7 heteroatoms. The minimum atomic E-state index is -0.361. The van der Waals surface area contributed by atoms with Gasteiger partial charge in [0, 0.05) is 43.3 Å². The van der Waals surface area contributed by atoms with Gasteiger partial charge in [0.05, 0.1) is 11.5 Å². The van der Waals surface area contributed by atoms with Gasteiger partial charge >= 0.3 is 0 Å². The van der Waals surface area contributed by atoms with Crippen LogP contribution in [0.25, 0.3) is 0 Å². The average molecular weight is 414 g/mol. The predicted octanol–water partition coefficient (Wildman–Crippen LogP) is 3.69. The number of benzene rings is 1. The number of piperidine rings is 1. The quantitative estimate of drug-likeness (QED) is 0.322. The van der Waals surface area contributed by atoms with Crippen molar-refractivity contribution >= 4 is 11.6 Å². The molecule has 0 spiro atoms.